The molecule has 25 heavy (non-hydrogen) atoms. The van der Waals surface area contributed by atoms with Gasteiger partial charge in [0.25, 0.3) is 0 Å². The summed E-state index contributed by atoms with van der Waals surface area (Å²) in [6.45, 7) is 7.13. The van der Waals surface area contributed by atoms with Crippen molar-refractivity contribution in [1.29, 1.82) is 0 Å². The minimum Gasteiger partial charge on any atom is -0.462 e. The van der Waals surface area contributed by atoms with Crippen molar-refractivity contribution >= 4 is 5.97 Å². The summed E-state index contributed by atoms with van der Waals surface area (Å²) in [5.41, 5.74) is 0.734. The number of hydrogen-bond acceptors (Lipinski definition) is 3. The number of ether oxygens (including phenoxy) is 1. The zero-order valence-corrected chi connectivity index (χ0v) is 16.0. The average molecular weight is 347 g/mol. The fraction of sp³-hybridized carbons (Fsp3) is 0.955. The molecule has 0 aromatic heterocycles. The summed E-state index contributed by atoms with van der Waals surface area (Å²) in [6, 6.07) is 0. The maximum absolute atomic E-state index is 12.1. The van der Waals surface area contributed by atoms with E-state index in [1.54, 1.807) is 0 Å². The Labute approximate surface area is 151 Å². The second-order valence-electron chi connectivity index (χ2n) is 10.7. The van der Waals surface area contributed by atoms with Crippen LogP contribution in [0.2, 0.25) is 0 Å². The van der Waals surface area contributed by atoms with Gasteiger partial charge in [-0.15, -0.1) is 0 Å². The minimum absolute atomic E-state index is 0.0498. The molecule has 0 aromatic carbocycles. The molecule has 5 fully saturated rings. The van der Waals surface area contributed by atoms with E-state index in [4.69, 9.17) is 4.74 Å². The number of rotatable bonds is 0. The number of hydrogen-bond donors (Lipinski definition) is 1. The first-order chi connectivity index (χ1) is 11.8. The topological polar surface area (TPSA) is 46.5 Å². The standard InChI is InChI=1S/C22H34O3/c1-12-19-18(25-20(12)24)11-17-15-5-4-13-10-14(23)6-8-21(13,2)16(15)7-9-22(17,19)3/h12-19,23H,4-11H2,1-3H3/t12-,13+,14+,15+,16-,17-,18-,19-,21-,22-/m0/s1. The van der Waals surface area contributed by atoms with Gasteiger partial charge in [-0.3, -0.25) is 4.79 Å². The van der Waals surface area contributed by atoms with Crippen molar-refractivity contribution in [1.82, 2.24) is 0 Å². The summed E-state index contributed by atoms with van der Waals surface area (Å²) in [6.07, 6.45) is 9.70. The lowest BCUT2D eigenvalue weighted by Crippen LogP contribution is -2.54. The van der Waals surface area contributed by atoms with Gasteiger partial charge in [-0.1, -0.05) is 20.8 Å². The molecule has 1 saturated heterocycles. The first-order valence-corrected chi connectivity index (χ1v) is 10.7. The quantitative estimate of drug-likeness (QED) is 0.669. The Morgan fingerprint density at radius 3 is 2.56 bits per heavy atom. The molecular formula is C22H34O3. The molecule has 1 heterocycles. The summed E-state index contributed by atoms with van der Waals surface area (Å²) in [5.74, 6) is 3.68. The van der Waals surface area contributed by atoms with Crippen molar-refractivity contribution in [2.45, 2.75) is 84.3 Å². The molecule has 5 rings (SSSR count). The van der Waals surface area contributed by atoms with Gasteiger partial charge in [0.05, 0.1) is 12.0 Å². The maximum atomic E-state index is 12.1. The zero-order chi connectivity index (χ0) is 17.6. The third-order valence-corrected chi connectivity index (χ3v) is 9.90. The predicted molar refractivity (Wildman–Crippen MR) is 95.7 cm³/mol. The van der Waals surface area contributed by atoms with Gasteiger partial charge in [-0.25, -0.2) is 0 Å². The van der Waals surface area contributed by atoms with Gasteiger partial charge in [0.2, 0.25) is 0 Å². The number of carbonyl (C=O) groups excluding carboxylic acids is 1. The molecule has 4 saturated carbocycles. The molecule has 0 spiro atoms. The van der Waals surface area contributed by atoms with E-state index < -0.39 is 0 Å². The number of carbonyl (C=O) groups is 1. The lowest BCUT2D eigenvalue weighted by molar-refractivity contribution is -0.147. The van der Waals surface area contributed by atoms with Crippen LogP contribution in [0.3, 0.4) is 0 Å². The van der Waals surface area contributed by atoms with E-state index in [-0.39, 0.29) is 24.1 Å². The molecule has 0 aromatic rings. The Morgan fingerprint density at radius 1 is 1.00 bits per heavy atom. The fourth-order valence-electron chi connectivity index (χ4n) is 8.68. The summed E-state index contributed by atoms with van der Waals surface area (Å²) in [5, 5.41) is 10.2. The van der Waals surface area contributed by atoms with E-state index in [1.165, 1.54) is 32.1 Å². The normalized spacial score (nSPS) is 60.2. The van der Waals surface area contributed by atoms with Crippen LogP contribution >= 0.6 is 0 Å². The Morgan fingerprint density at radius 2 is 1.76 bits per heavy atom. The Hall–Kier alpha value is -0.570. The first-order valence-electron chi connectivity index (χ1n) is 10.7. The molecule has 1 aliphatic heterocycles. The van der Waals surface area contributed by atoms with Crippen LogP contribution in [-0.4, -0.2) is 23.3 Å². The van der Waals surface area contributed by atoms with Crippen LogP contribution < -0.4 is 0 Å². The molecule has 140 valence electrons. The third-order valence-electron chi connectivity index (χ3n) is 9.90. The van der Waals surface area contributed by atoms with Crippen LogP contribution in [0.5, 0.6) is 0 Å². The SMILES string of the molecule is C[C@@H]1C(=O)O[C@H]2C[C@H]3[C@@H]4CC[C@@H]5C[C@H](O)CC[C@]5(C)[C@H]4CC[C@]3(C)[C@H]21. The van der Waals surface area contributed by atoms with E-state index in [1.807, 2.05) is 0 Å². The van der Waals surface area contributed by atoms with Crippen molar-refractivity contribution < 1.29 is 14.6 Å². The molecule has 0 unspecified atom stereocenters. The van der Waals surface area contributed by atoms with Crippen molar-refractivity contribution in [2.75, 3.05) is 0 Å². The number of aliphatic hydroxyl groups excluding tert-OH is 1. The molecule has 0 radical (unpaired) electrons. The van der Waals surface area contributed by atoms with E-state index in [2.05, 4.69) is 20.8 Å². The Kier molecular flexibility index (Phi) is 3.48. The molecule has 0 bridgehead atoms. The number of esters is 1. The van der Waals surface area contributed by atoms with Gasteiger partial charge in [0.15, 0.2) is 0 Å². The highest BCUT2D eigenvalue weighted by Crippen LogP contribution is 2.69. The van der Waals surface area contributed by atoms with E-state index in [0.717, 1.165) is 42.9 Å². The lowest BCUT2D eigenvalue weighted by Gasteiger charge is -2.61. The maximum Gasteiger partial charge on any atom is 0.309 e. The zero-order valence-electron chi connectivity index (χ0n) is 16.0. The third kappa shape index (κ3) is 2.05. The van der Waals surface area contributed by atoms with Gasteiger partial charge < -0.3 is 9.84 Å². The summed E-state index contributed by atoms with van der Waals surface area (Å²) in [4.78, 5) is 12.1. The van der Waals surface area contributed by atoms with Crippen LogP contribution in [0.25, 0.3) is 0 Å². The van der Waals surface area contributed by atoms with E-state index in [9.17, 15) is 9.90 Å². The molecule has 3 heteroatoms. The smallest absolute Gasteiger partial charge is 0.309 e. The lowest BCUT2D eigenvalue weighted by atomic mass is 9.44. The molecule has 0 amide bonds. The minimum atomic E-state index is -0.0606. The molecule has 10 atom stereocenters. The van der Waals surface area contributed by atoms with E-state index >= 15 is 0 Å². The van der Waals surface area contributed by atoms with Crippen molar-refractivity contribution in [3.05, 3.63) is 0 Å². The van der Waals surface area contributed by atoms with Gasteiger partial charge >= 0.3 is 5.97 Å². The predicted octanol–water partition coefficient (Wildman–Crippen LogP) is 4.18. The Balaban J connectivity index is 1.45. The molecule has 1 N–H and O–H groups in total. The van der Waals surface area contributed by atoms with Crippen molar-refractivity contribution in [2.24, 2.45) is 46.3 Å². The summed E-state index contributed by atoms with van der Waals surface area (Å²) >= 11 is 0. The van der Waals surface area contributed by atoms with Crippen molar-refractivity contribution in [3.8, 4) is 0 Å². The largest absolute Gasteiger partial charge is 0.462 e. The average Bonchev–Trinajstić information content (AvgIpc) is 3.02. The highest BCUT2D eigenvalue weighted by atomic mass is 16.6. The Bertz CT molecular complexity index is 588. The van der Waals surface area contributed by atoms with Gasteiger partial charge in [-0.2, -0.15) is 0 Å². The van der Waals surface area contributed by atoms with Crippen LogP contribution in [0.15, 0.2) is 0 Å². The molecule has 4 aliphatic carbocycles. The summed E-state index contributed by atoms with van der Waals surface area (Å²) in [7, 11) is 0. The van der Waals surface area contributed by atoms with Gasteiger partial charge in [-0.05, 0) is 85.9 Å². The first kappa shape index (κ1) is 16.6. The van der Waals surface area contributed by atoms with Crippen LogP contribution in [0.1, 0.15) is 72.1 Å². The van der Waals surface area contributed by atoms with Crippen LogP contribution in [0.4, 0.5) is 0 Å². The monoisotopic (exact) mass is 346 g/mol. The van der Waals surface area contributed by atoms with Gasteiger partial charge in [0.1, 0.15) is 6.10 Å². The highest BCUT2D eigenvalue weighted by Gasteiger charge is 2.66. The van der Waals surface area contributed by atoms with E-state index in [0.29, 0.717) is 16.7 Å². The molecular weight excluding hydrogens is 312 g/mol. The number of aliphatic hydroxyl groups is 1. The molecule has 3 nitrogen and oxygen atoms in total. The second kappa shape index (κ2) is 5.24. The van der Waals surface area contributed by atoms with Crippen LogP contribution in [0, 0.1) is 46.3 Å². The van der Waals surface area contributed by atoms with Gasteiger partial charge in [0, 0.05) is 5.92 Å². The number of fused-ring (bicyclic) bond motifs is 7. The molecule has 5 aliphatic rings. The fourth-order valence-corrected chi connectivity index (χ4v) is 8.68. The highest BCUT2D eigenvalue weighted by molar-refractivity contribution is 5.75. The summed E-state index contributed by atoms with van der Waals surface area (Å²) < 4.78 is 5.81. The second-order valence-corrected chi connectivity index (χ2v) is 10.7. The van der Waals surface area contributed by atoms with Crippen LogP contribution in [-0.2, 0) is 9.53 Å². The van der Waals surface area contributed by atoms with Crippen molar-refractivity contribution in [3.63, 3.8) is 0 Å².